The summed E-state index contributed by atoms with van der Waals surface area (Å²) < 4.78 is 12.9. The maximum absolute atomic E-state index is 12.3. The molecule has 0 saturated heterocycles. The van der Waals surface area contributed by atoms with Crippen LogP contribution in [0.1, 0.15) is 38.8 Å². The number of carbonyl (C=O) groups is 1. The van der Waals surface area contributed by atoms with E-state index in [1.807, 2.05) is 32.0 Å². The van der Waals surface area contributed by atoms with Gasteiger partial charge in [0, 0.05) is 6.54 Å². The van der Waals surface area contributed by atoms with E-state index in [1.54, 1.807) is 26.0 Å². The molecule has 0 atom stereocenters. The average Bonchev–Trinajstić information content (AvgIpc) is 3.26. The highest BCUT2D eigenvalue weighted by Gasteiger charge is 2.21. The zero-order valence-electron chi connectivity index (χ0n) is 17.4. The van der Waals surface area contributed by atoms with Gasteiger partial charge in [0.25, 0.3) is 5.91 Å². The number of aromatic nitrogens is 2. The number of hydrogen-bond donors (Lipinski definition) is 1. The second kappa shape index (κ2) is 8.81. The fourth-order valence-electron chi connectivity index (χ4n) is 3.28. The van der Waals surface area contributed by atoms with Crippen LogP contribution in [0, 0.1) is 37.8 Å². The van der Waals surface area contributed by atoms with Crippen molar-refractivity contribution in [1.29, 1.82) is 0 Å². The molecule has 9 nitrogen and oxygen atoms in total. The fourth-order valence-corrected chi connectivity index (χ4v) is 3.28. The third kappa shape index (κ3) is 4.51. The first-order chi connectivity index (χ1) is 14.3. The lowest BCUT2D eigenvalue weighted by atomic mass is 10.1. The molecular weight excluding hydrogens is 388 g/mol. The van der Waals surface area contributed by atoms with E-state index in [0.717, 1.165) is 16.9 Å². The van der Waals surface area contributed by atoms with Crippen molar-refractivity contribution in [1.82, 2.24) is 15.1 Å². The summed E-state index contributed by atoms with van der Waals surface area (Å²) in [6.45, 7) is 7.96. The van der Waals surface area contributed by atoms with Crippen molar-refractivity contribution >= 4 is 11.6 Å². The van der Waals surface area contributed by atoms with Gasteiger partial charge in [0.15, 0.2) is 5.76 Å². The molecule has 1 aromatic carbocycles. The third-order valence-electron chi connectivity index (χ3n) is 4.79. The third-order valence-corrected chi connectivity index (χ3v) is 4.79. The van der Waals surface area contributed by atoms with Crippen LogP contribution < -0.4 is 10.1 Å². The number of benzene rings is 1. The summed E-state index contributed by atoms with van der Waals surface area (Å²) in [5, 5.41) is 18.0. The molecule has 0 bridgehead atoms. The Morgan fingerprint density at radius 1 is 1.20 bits per heavy atom. The second-order valence-electron chi connectivity index (χ2n) is 7.03. The topological polar surface area (TPSA) is 112 Å². The number of nitro groups is 1. The number of furan rings is 1. The van der Waals surface area contributed by atoms with E-state index in [9.17, 15) is 14.9 Å². The molecule has 9 heteroatoms. The molecule has 0 saturated carbocycles. The quantitative estimate of drug-likeness (QED) is 0.447. The molecule has 158 valence electrons. The van der Waals surface area contributed by atoms with Crippen molar-refractivity contribution in [3.63, 3.8) is 0 Å². The van der Waals surface area contributed by atoms with E-state index in [4.69, 9.17) is 9.15 Å². The van der Waals surface area contributed by atoms with E-state index in [2.05, 4.69) is 10.4 Å². The first kappa shape index (κ1) is 21.1. The van der Waals surface area contributed by atoms with E-state index in [1.165, 1.54) is 4.68 Å². The highest BCUT2D eigenvalue weighted by molar-refractivity contribution is 5.91. The first-order valence-corrected chi connectivity index (χ1v) is 9.52. The molecule has 30 heavy (non-hydrogen) atoms. The Morgan fingerprint density at radius 2 is 1.90 bits per heavy atom. The molecular formula is C21H24N4O5. The van der Waals surface area contributed by atoms with Crippen LogP contribution in [0.25, 0.3) is 0 Å². The molecule has 2 aromatic heterocycles. The number of nitrogens with zero attached hydrogens (tertiary/aromatic N) is 3. The standard InChI is InChI=1S/C21H24N4O5/c1-13-6-5-7-14(2)20(13)29-12-17-8-9-18(30-17)21(26)22-10-11-24-16(4)19(25(27)28)15(3)23-24/h5-9H,10-12H2,1-4H3,(H,22,26). The summed E-state index contributed by atoms with van der Waals surface area (Å²) in [4.78, 5) is 22.9. The average molecular weight is 412 g/mol. The van der Waals surface area contributed by atoms with Crippen LogP contribution in [-0.4, -0.2) is 27.2 Å². The highest BCUT2D eigenvalue weighted by Crippen LogP contribution is 2.24. The molecule has 3 rings (SSSR count). The van der Waals surface area contributed by atoms with Gasteiger partial charge in [-0.25, -0.2) is 0 Å². The molecule has 0 spiro atoms. The van der Waals surface area contributed by atoms with E-state index < -0.39 is 4.92 Å². The van der Waals surface area contributed by atoms with Gasteiger partial charge in [0.2, 0.25) is 0 Å². The molecule has 1 N–H and O–H groups in total. The van der Waals surface area contributed by atoms with Crippen LogP contribution in [0.3, 0.4) is 0 Å². The monoisotopic (exact) mass is 412 g/mol. The number of nitrogens with one attached hydrogen (secondary N) is 1. The van der Waals surface area contributed by atoms with Crippen molar-refractivity contribution in [2.24, 2.45) is 0 Å². The smallest absolute Gasteiger partial charge is 0.312 e. The van der Waals surface area contributed by atoms with Gasteiger partial charge in [0.05, 0.1) is 11.5 Å². The lowest BCUT2D eigenvalue weighted by Crippen LogP contribution is -2.27. The summed E-state index contributed by atoms with van der Waals surface area (Å²) in [6.07, 6.45) is 0. The highest BCUT2D eigenvalue weighted by atomic mass is 16.6. The van der Waals surface area contributed by atoms with Crippen LogP contribution in [0.2, 0.25) is 0 Å². The van der Waals surface area contributed by atoms with Gasteiger partial charge in [-0.1, -0.05) is 18.2 Å². The van der Waals surface area contributed by atoms with Gasteiger partial charge in [0.1, 0.15) is 29.5 Å². The summed E-state index contributed by atoms with van der Waals surface area (Å²) in [6, 6.07) is 9.21. The Hall–Kier alpha value is -3.62. The number of hydrogen-bond acceptors (Lipinski definition) is 6. The molecule has 0 aliphatic carbocycles. The predicted octanol–water partition coefficient (Wildman–Crippen LogP) is 3.63. The van der Waals surface area contributed by atoms with Crippen LogP contribution in [0.4, 0.5) is 5.69 Å². The molecule has 2 heterocycles. The molecule has 0 radical (unpaired) electrons. The van der Waals surface area contributed by atoms with Gasteiger partial charge in [-0.05, 0) is 51.0 Å². The maximum atomic E-state index is 12.3. The van der Waals surface area contributed by atoms with Gasteiger partial charge >= 0.3 is 5.69 Å². The van der Waals surface area contributed by atoms with Gasteiger partial charge in [-0.15, -0.1) is 0 Å². The lowest BCUT2D eigenvalue weighted by Gasteiger charge is -2.10. The van der Waals surface area contributed by atoms with E-state index in [0.29, 0.717) is 23.7 Å². The van der Waals surface area contributed by atoms with Crippen LogP contribution >= 0.6 is 0 Å². The van der Waals surface area contributed by atoms with Crippen molar-refractivity contribution in [2.75, 3.05) is 6.54 Å². The Kier molecular flexibility index (Phi) is 6.20. The minimum absolute atomic E-state index is 0.000826. The van der Waals surface area contributed by atoms with Gasteiger partial charge in [-0.2, -0.15) is 5.10 Å². The minimum atomic E-state index is -0.447. The van der Waals surface area contributed by atoms with Crippen LogP contribution in [0.15, 0.2) is 34.7 Å². The number of rotatable bonds is 8. The normalized spacial score (nSPS) is 10.8. The molecule has 1 amide bonds. The Labute approximate surface area is 173 Å². The molecule has 0 unspecified atom stereocenters. The molecule has 0 aliphatic heterocycles. The van der Waals surface area contributed by atoms with Gasteiger partial charge < -0.3 is 14.5 Å². The Balaban J connectivity index is 1.54. The lowest BCUT2D eigenvalue weighted by molar-refractivity contribution is -0.386. The number of ether oxygens (including phenoxy) is 1. The molecule has 0 fully saturated rings. The van der Waals surface area contributed by atoms with Crippen molar-refractivity contribution in [3.8, 4) is 5.75 Å². The summed E-state index contributed by atoms with van der Waals surface area (Å²) >= 11 is 0. The Morgan fingerprint density at radius 3 is 2.53 bits per heavy atom. The van der Waals surface area contributed by atoms with Crippen molar-refractivity contribution < 1.29 is 18.9 Å². The fraction of sp³-hybridized carbons (Fsp3) is 0.333. The van der Waals surface area contributed by atoms with Crippen LogP contribution in [-0.2, 0) is 13.2 Å². The summed E-state index contributed by atoms with van der Waals surface area (Å²) in [5.74, 6) is 1.15. The number of amides is 1. The van der Waals surface area contributed by atoms with Crippen molar-refractivity contribution in [3.05, 3.63) is 74.5 Å². The summed E-state index contributed by atoms with van der Waals surface area (Å²) in [7, 11) is 0. The zero-order chi connectivity index (χ0) is 21.8. The molecule has 3 aromatic rings. The molecule has 0 aliphatic rings. The Bertz CT molecular complexity index is 1060. The largest absolute Gasteiger partial charge is 0.485 e. The minimum Gasteiger partial charge on any atom is -0.485 e. The number of aryl methyl sites for hydroxylation is 3. The number of para-hydroxylation sites is 1. The van der Waals surface area contributed by atoms with Gasteiger partial charge in [-0.3, -0.25) is 19.6 Å². The predicted molar refractivity (Wildman–Crippen MR) is 110 cm³/mol. The first-order valence-electron chi connectivity index (χ1n) is 9.52. The summed E-state index contributed by atoms with van der Waals surface area (Å²) in [5.41, 5.74) is 2.87. The van der Waals surface area contributed by atoms with E-state index >= 15 is 0 Å². The van der Waals surface area contributed by atoms with E-state index in [-0.39, 0.29) is 30.5 Å². The second-order valence-corrected chi connectivity index (χ2v) is 7.03. The SMILES string of the molecule is Cc1cccc(C)c1OCc1ccc(C(=O)NCCn2nc(C)c([N+](=O)[O-])c2C)o1. The maximum Gasteiger partial charge on any atom is 0.312 e. The zero-order valence-corrected chi connectivity index (χ0v) is 17.4. The van der Waals surface area contributed by atoms with Crippen molar-refractivity contribution in [2.45, 2.75) is 40.8 Å². The van der Waals surface area contributed by atoms with Crippen LogP contribution in [0.5, 0.6) is 5.75 Å². The number of carbonyl (C=O) groups excluding carboxylic acids is 1.